The smallest absolute Gasteiger partial charge is 0.411 e. The van der Waals surface area contributed by atoms with Crippen LogP contribution in [0.5, 0.6) is 0 Å². The van der Waals surface area contributed by atoms with Gasteiger partial charge < -0.3 is 57.3 Å². The number of amides is 9. The summed E-state index contributed by atoms with van der Waals surface area (Å²) in [4.78, 5) is 123. The molecule has 0 fully saturated rings. The summed E-state index contributed by atoms with van der Waals surface area (Å²) >= 11 is 0. The molecule has 5 atom stereocenters. The van der Waals surface area contributed by atoms with Crippen LogP contribution in [0.4, 0.5) is 26.7 Å². The maximum absolute atomic E-state index is 14.2. The molecule has 0 saturated heterocycles. The first-order valence-corrected chi connectivity index (χ1v) is 28.9. The Morgan fingerprint density at radius 2 is 1.38 bits per heavy atom. The third-order valence-corrected chi connectivity index (χ3v) is 15.1. The second kappa shape index (κ2) is 30.8. The topological polar surface area (TPSA) is 300 Å². The predicted octanol–water partition coefficient (Wildman–Crippen LogP) is 7.86. The van der Waals surface area contributed by atoms with Crippen LogP contribution in [-0.4, -0.2) is 114 Å². The molecule has 10 N–H and O–H groups in total. The number of aliphatic carboxylic acids is 1. The van der Waals surface area contributed by atoms with Gasteiger partial charge in [-0.05, 0) is 102 Å². The van der Waals surface area contributed by atoms with Crippen molar-refractivity contribution >= 4 is 82.8 Å². The number of carbonyl (C=O) groups is 9. The molecule has 0 spiro atoms. The highest BCUT2D eigenvalue weighted by molar-refractivity contribution is 6.00. The number of hydrogen-bond donors (Lipinski definition) is 9. The van der Waals surface area contributed by atoms with Gasteiger partial charge in [0.05, 0.1) is 24.3 Å². The first-order chi connectivity index (χ1) is 40.5. The molecule has 0 unspecified atom stereocenters. The second-order valence-corrected chi connectivity index (χ2v) is 23.9. The molecule has 4 aromatic rings. The van der Waals surface area contributed by atoms with Gasteiger partial charge in [0.15, 0.2) is 0 Å². The number of urea groups is 1. The van der Waals surface area contributed by atoms with Crippen LogP contribution in [0, 0.1) is 17.3 Å². The average Bonchev–Trinajstić information content (AvgIpc) is 3.59. The van der Waals surface area contributed by atoms with Gasteiger partial charge in [0, 0.05) is 48.8 Å². The SMILES string of the molecule is CN[C@H](C(=O)N[C@H](C(=O)N(C)[C@H](/C=C(\C)C(=O)O)C(C)C)C(C)(C)C)C(C)(C)c1cccc(NC(=O)OCc2ccc(NC(=O)[C@H](CCCNC(N)=O)NC(=O)[C@@H](NC(=O)CCC(=O)N3Cc4ccccc4/C=C\c4ccccc43)C(C)C)cc2)c1. The van der Waals surface area contributed by atoms with E-state index < -0.39 is 88.7 Å². The third-order valence-electron chi connectivity index (χ3n) is 15.1. The molecule has 5 rings (SSSR count). The van der Waals surface area contributed by atoms with Crippen LogP contribution in [0.25, 0.3) is 12.2 Å². The van der Waals surface area contributed by atoms with Crippen LogP contribution in [-0.2, 0) is 56.9 Å². The summed E-state index contributed by atoms with van der Waals surface area (Å²) in [7, 11) is 3.24. The van der Waals surface area contributed by atoms with Crippen molar-refractivity contribution in [2.45, 2.75) is 144 Å². The molecule has 86 heavy (non-hydrogen) atoms. The van der Waals surface area contributed by atoms with E-state index in [-0.39, 0.29) is 62.1 Å². The molecule has 1 heterocycles. The Hall–Kier alpha value is -8.85. The Kier molecular flexibility index (Phi) is 24.3. The highest BCUT2D eigenvalue weighted by atomic mass is 16.5. The summed E-state index contributed by atoms with van der Waals surface area (Å²) in [5, 5.41) is 29.2. The molecule has 9 amide bonds. The Morgan fingerprint density at radius 1 is 0.733 bits per heavy atom. The first-order valence-electron chi connectivity index (χ1n) is 28.9. The standard InChI is InChI=1S/C65H86N10O11/c1-39(2)51(35-41(5)61(82)83)74(12)60(81)56(64(6,7)8)73-59(80)55(67-11)65(9,10)46-22-17-23-48(36-46)70-63(85)86-38-42-26-30-47(31-27-42)69-57(78)49(24-18-34-68-62(66)84)71-58(79)54(40(3)4)72-52(76)32-33-53(77)75-37-45-21-14-13-19-43(45)28-29-44-20-15-16-25-50(44)75/h13-17,19-23,25-31,35-36,39-40,49,51,54-56,67H,18,24,32-34,37-38H2,1-12H3,(H,69,78)(H,70,85)(H,71,79)(H,72,76)(H,73,80)(H,82,83)(H3,66,68,84)/b29-28-,41-35+/t49-,51+,54-,55+,56+/m0/s1. The Bertz CT molecular complexity index is 3150. The maximum atomic E-state index is 14.2. The lowest BCUT2D eigenvalue weighted by Crippen LogP contribution is -2.61. The van der Waals surface area contributed by atoms with Gasteiger partial charge in [-0.15, -0.1) is 0 Å². The summed E-state index contributed by atoms with van der Waals surface area (Å²) in [6, 6.07) is 23.4. The van der Waals surface area contributed by atoms with Gasteiger partial charge in [-0.3, -0.25) is 34.1 Å². The number of nitrogens with two attached hydrogens (primary N) is 1. The summed E-state index contributed by atoms with van der Waals surface area (Å²) in [5.74, 6) is -4.45. The number of hydrogen-bond acceptors (Lipinski definition) is 11. The molecule has 0 aliphatic carbocycles. The van der Waals surface area contributed by atoms with Gasteiger partial charge in [0.2, 0.25) is 35.4 Å². The van der Waals surface area contributed by atoms with Crippen molar-refractivity contribution in [1.82, 2.24) is 31.5 Å². The summed E-state index contributed by atoms with van der Waals surface area (Å²) in [6.45, 7) is 18.3. The predicted molar refractivity (Wildman–Crippen MR) is 333 cm³/mol. The number of likely N-dealkylation sites (N-methyl/N-ethyl adjacent to an activating group) is 2. The number of ether oxygens (including phenoxy) is 1. The van der Waals surface area contributed by atoms with E-state index in [1.807, 2.05) is 115 Å². The monoisotopic (exact) mass is 1180 g/mol. The van der Waals surface area contributed by atoms with Crippen molar-refractivity contribution < 1.29 is 53.0 Å². The van der Waals surface area contributed by atoms with Crippen molar-refractivity contribution in [3.05, 3.63) is 137 Å². The highest BCUT2D eigenvalue weighted by Gasteiger charge is 2.42. The molecule has 1 aliphatic heterocycles. The summed E-state index contributed by atoms with van der Waals surface area (Å²) in [5.41, 5.74) is 9.23. The fourth-order valence-electron chi connectivity index (χ4n) is 10.1. The fraction of sp³-hybridized carbons (Fsp3) is 0.431. The number of benzene rings is 4. The van der Waals surface area contributed by atoms with E-state index in [2.05, 4.69) is 37.2 Å². The van der Waals surface area contributed by atoms with Crippen molar-refractivity contribution in [2.24, 2.45) is 23.0 Å². The van der Waals surface area contributed by atoms with Gasteiger partial charge in [-0.2, -0.15) is 0 Å². The molecule has 4 aromatic carbocycles. The zero-order chi connectivity index (χ0) is 63.6. The van der Waals surface area contributed by atoms with Crippen LogP contribution < -0.4 is 47.9 Å². The fourth-order valence-corrected chi connectivity index (χ4v) is 10.1. The van der Waals surface area contributed by atoms with Crippen LogP contribution in [0.3, 0.4) is 0 Å². The molecule has 0 saturated carbocycles. The molecule has 21 heteroatoms. The largest absolute Gasteiger partial charge is 0.478 e. The number of rotatable bonds is 26. The normalized spacial score (nSPS) is 14.5. The number of nitrogens with zero attached hydrogens (tertiary/aromatic N) is 2. The van der Waals surface area contributed by atoms with Crippen molar-refractivity contribution in [3.63, 3.8) is 0 Å². The zero-order valence-electron chi connectivity index (χ0n) is 51.5. The lowest BCUT2D eigenvalue weighted by molar-refractivity contribution is -0.141. The summed E-state index contributed by atoms with van der Waals surface area (Å²) < 4.78 is 5.56. The number of fused-ring (bicyclic) bond motifs is 2. The quantitative estimate of drug-likeness (QED) is 0.0214. The van der Waals surface area contributed by atoms with Gasteiger partial charge in [-0.25, -0.2) is 14.4 Å². The lowest BCUT2D eigenvalue weighted by atomic mass is 9.76. The van der Waals surface area contributed by atoms with E-state index >= 15 is 0 Å². The number of para-hydroxylation sites is 1. The van der Waals surface area contributed by atoms with E-state index in [4.69, 9.17) is 10.5 Å². The van der Waals surface area contributed by atoms with Crippen molar-refractivity contribution in [3.8, 4) is 0 Å². The minimum atomic E-state index is -1.12. The molecule has 462 valence electrons. The van der Waals surface area contributed by atoms with Crippen LogP contribution in [0.1, 0.15) is 123 Å². The van der Waals surface area contributed by atoms with Crippen LogP contribution >= 0.6 is 0 Å². The Morgan fingerprint density at radius 3 is 2.01 bits per heavy atom. The molecular formula is C65H86N10O11. The van der Waals surface area contributed by atoms with Gasteiger partial charge in [-0.1, -0.05) is 147 Å². The molecule has 0 bridgehead atoms. The van der Waals surface area contributed by atoms with E-state index in [1.54, 1.807) is 81.4 Å². The molecule has 1 aliphatic rings. The minimum Gasteiger partial charge on any atom is -0.478 e. The number of carboxylic acids is 1. The van der Waals surface area contributed by atoms with Crippen molar-refractivity contribution in [2.75, 3.05) is 36.2 Å². The van der Waals surface area contributed by atoms with E-state index in [9.17, 15) is 48.3 Å². The van der Waals surface area contributed by atoms with E-state index in [1.165, 1.54) is 11.8 Å². The summed E-state index contributed by atoms with van der Waals surface area (Å²) in [6.07, 6.45) is 4.77. The molecular weight excluding hydrogens is 1100 g/mol. The third kappa shape index (κ3) is 19.1. The second-order valence-electron chi connectivity index (χ2n) is 23.9. The van der Waals surface area contributed by atoms with Gasteiger partial charge >= 0.3 is 18.1 Å². The number of nitrogens with one attached hydrogen (secondary N) is 7. The van der Waals surface area contributed by atoms with Crippen LogP contribution in [0.15, 0.2) is 109 Å². The van der Waals surface area contributed by atoms with E-state index in [0.717, 1.165) is 16.7 Å². The van der Waals surface area contributed by atoms with Crippen molar-refractivity contribution in [1.29, 1.82) is 0 Å². The average molecular weight is 1180 g/mol. The van der Waals surface area contributed by atoms with Crippen LogP contribution in [0.2, 0.25) is 0 Å². The number of carboxylic acid groups (broad SMARTS) is 1. The Balaban J connectivity index is 1.18. The van der Waals surface area contributed by atoms with Gasteiger partial charge in [0.1, 0.15) is 24.7 Å². The lowest BCUT2D eigenvalue weighted by Gasteiger charge is -2.40. The molecule has 0 aromatic heterocycles. The number of primary amides is 1. The minimum absolute atomic E-state index is 0.0860. The zero-order valence-corrected chi connectivity index (χ0v) is 51.5. The number of anilines is 3. The maximum Gasteiger partial charge on any atom is 0.411 e. The van der Waals surface area contributed by atoms with Gasteiger partial charge in [0.25, 0.3) is 0 Å². The molecule has 21 nitrogen and oxygen atoms in total. The Labute approximate surface area is 504 Å². The number of carbonyl (C=O) groups excluding carboxylic acids is 8. The highest BCUT2D eigenvalue weighted by Crippen LogP contribution is 2.32. The molecule has 0 radical (unpaired) electrons. The first kappa shape index (κ1) is 67.9. The van der Waals surface area contributed by atoms with E-state index in [0.29, 0.717) is 34.7 Å².